The summed E-state index contributed by atoms with van der Waals surface area (Å²) in [7, 11) is 0. The second-order valence-electron chi connectivity index (χ2n) is 2.78. The number of rotatable bonds is 4. The molecule has 2 nitrogen and oxygen atoms in total. The van der Waals surface area contributed by atoms with Crippen LogP contribution in [0.4, 0.5) is 0 Å². The number of hydrogen-bond acceptors (Lipinski definition) is 2. The number of nitrogens with zero attached hydrogens (tertiary/aromatic N) is 1. The second kappa shape index (κ2) is 5.31. The van der Waals surface area contributed by atoms with Crippen molar-refractivity contribution >= 4 is 11.6 Å². The minimum atomic E-state index is 0.305. The molecule has 1 aromatic rings. The van der Waals surface area contributed by atoms with Crippen molar-refractivity contribution in [2.45, 2.75) is 6.42 Å². The Labute approximate surface area is 88.4 Å². The number of halogens is 1. The van der Waals surface area contributed by atoms with Gasteiger partial charge in [0.1, 0.15) is 12.4 Å². The van der Waals surface area contributed by atoms with Crippen LogP contribution in [-0.2, 0) is 6.42 Å². The molecule has 0 radical (unpaired) electrons. The van der Waals surface area contributed by atoms with Crippen LogP contribution in [0.25, 0.3) is 0 Å². The minimum absolute atomic E-state index is 0.305. The van der Waals surface area contributed by atoms with E-state index in [0.29, 0.717) is 18.1 Å². The highest BCUT2D eigenvalue weighted by molar-refractivity contribution is 6.29. The predicted molar refractivity (Wildman–Crippen MR) is 56.2 cm³/mol. The number of benzene rings is 1. The molecule has 0 atom stereocenters. The summed E-state index contributed by atoms with van der Waals surface area (Å²) in [6.45, 7) is 3.82. The Hall–Kier alpha value is -1.46. The van der Waals surface area contributed by atoms with Gasteiger partial charge in [0, 0.05) is 5.03 Å². The average molecular weight is 208 g/mol. The largest absolute Gasteiger partial charge is 0.488 e. The quantitative estimate of drug-likeness (QED) is 0.761. The highest BCUT2D eigenvalue weighted by Crippen LogP contribution is 2.13. The monoisotopic (exact) mass is 207 g/mol. The van der Waals surface area contributed by atoms with E-state index >= 15 is 0 Å². The van der Waals surface area contributed by atoms with E-state index in [1.54, 1.807) is 0 Å². The summed E-state index contributed by atoms with van der Waals surface area (Å²) < 4.78 is 5.29. The van der Waals surface area contributed by atoms with Crippen molar-refractivity contribution in [1.29, 1.82) is 5.26 Å². The summed E-state index contributed by atoms with van der Waals surface area (Å²) in [5, 5.41) is 8.92. The molecule has 0 aliphatic rings. The molecule has 0 aliphatic heterocycles. The van der Waals surface area contributed by atoms with Gasteiger partial charge < -0.3 is 4.74 Å². The van der Waals surface area contributed by atoms with E-state index in [0.717, 1.165) is 11.3 Å². The second-order valence-corrected chi connectivity index (χ2v) is 3.32. The molecule has 0 unspecified atom stereocenters. The van der Waals surface area contributed by atoms with Gasteiger partial charge in [0.2, 0.25) is 0 Å². The van der Waals surface area contributed by atoms with Crippen molar-refractivity contribution in [3.8, 4) is 11.8 Å². The maximum atomic E-state index is 8.45. The topological polar surface area (TPSA) is 33.0 Å². The van der Waals surface area contributed by atoms with E-state index in [-0.39, 0.29) is 0 Å². The van der Waals surface area contributed by atoms with Crippen LogP contribution in [0.3, 0.4) is 0 Å². The molecule has 0 amide bonds. The van der Waals surface area contributed by atoms with Gasteiger partial charge in [-0.2, -0.15) is 5.26 Å². The van der Waals surface area contributed by atoms with Gasteiger partial charge in [-0.05, 0) is 17.7 Å². The molecule has 0 saturated carbocycles. The zero-order valence-electron chi connectivity index (χ0n) is 7.66. The van der Waals surface area contributed by atoms with Gasteiger partial charge in [-0.1, -0.05) is 30.3 Å². The normalized spacial score (nSPS) is 9.14. The molecular formula is C11H10ClNO. The Morgan fingerprint density at radius 3 is 2.57 bits per heavy atom. The summed E-state index contributed by atoms with van der Waals surface area (Å²) in [5.74, 6) is 0.730. The fourth-order valence-corrected chi connectivity index (χ4v) is 1.01. The number of hydrogen-bond donors (Lipinski definition) is 0. The zero-order chi connectivity index (χ0) is 10.4. The van der Waals surface area contributed by atoms with Gasteiger partial charge in [0.05, 0.1) is 12.5 Å². The van der Waals surface area contributed by atoms with E-state index in [1.807, 2.05) is 24.3 Å². The van der Waals surface area contributed by atoms with E-state index < -0.39 is 0 Å². The molecule has 0 spiro atoms. The van der Waals surface area contributed by atoms with Crippen LogP contribution < -0.4 is 4.74 Å². The molecule has 0 aliphatic carbocycles. The van der Waals surface area contributed by atoms with Gasteiger partial charge in [-0.15, -0.1) is 0 Å². The Morgan fingerprint density at radius 1 is 1.43 bits per heavy atom. The molecule has 0 fully saturated rings. The lowest BCUT2D eigenvalue weighted by molar-refractivity contribution is 0.359. The molecule has 0 heterocycles. The highest BCUT2D eigenvalue weighted by atomic mass is 35.5. The van der Waals surface area contributed by atoms with Crippen LogP contribution in [0.5, 0.6) is 5.75 Å². The lowest BCUT2D eigenvalue weighted by atomic mass is 10.2. The van der Waals surface area contributed by atoms with Crippen molar-refractivity contribution in [2.75, 3.05) is 6.61 Å². The highest BCUT2D eigenvalue weighted by Gasteiger charge is 1.95. The van der Waals surface area contributed by atoms with Crippen molar-refractivity contribution in [3.63, 3.8) is 0 Å². The summed E-state index contributed by atoms with van der Waals surface area (Å²) in [4.78, 5) is 0. The van der Waals surface area contributed by atoms with E-state index in [2.05, 4.69) is 12.6 Å². The first-order chi connectivity index (χ1) is 6.72. The van der Waals surface area contributed by atoms with Crippen molar-refractivity contribution in [1.82, 2.24) is 0 Å². The molecule has 1 rings (SSSR count). The molecule has 1 aromatic carbocycles. The third-order valence-corrected chi connectivity index (χ3v) is 1.71. The Morgan fingerprint density at radius 2 is 2.07 bits per heavy atom. The summed E-state index contributed by atoms with van der Waals surface area (Å²) in [5.41, 5.74) is 0.976. The zero-order valence-corrected chi connectivity index (χ0v) is 8.42. The average Bonchev–Trinajstić information content (AvgIpc) is 2.17. The Balaban J connectivity index is 2.56. The first-order valence-electron chi connectivity index (χ1n) is 4.14. The molecule has 0 bridgehead atoms. The number of ether oxygens (including phenoxy) is 1. The van der Waals surface area contributed by atoms with Crippen LogP contribution >= 0.6 is 11.6 Å². The van der Waals surface area contributed by atoms with Gasteiger partial charge >= 0.3 is 0 Å². The van der Waals surface area contributed by atoms with E-state index in [4.69, 9.17) is 21.6 Å². The van der Waals surface area contributed by atoms with E-state index in [1.165, 1.54) is 0 Å². The third-order valence-electron chi connectivity index (χ3n) is 1.60. The molecule has 0 N–H and O–H groups in total. The molecular weight excluding hydrogens is 198 g/mol. The summed E-state index contributed by atoms with van der Waals surface area (Å²) >= 11 is 5.55. The van der Waals surface area contributed by atoms with E-state index in [9.17, 15) is 0 Å². The SMILES string of the molecule is C=C(Cl)COc1ccc(CC#N)cc1. The third kappa shape index (κ3) is 3.51. The van der Waals surface area contributed by atoms with Crippen molar-refractivity contribution in [2.24, 2.45) is 0 Å². The summed E-state index contributed by atoms with van der Waals surface area (Å²) in [6, 6.07) is 9.42. The van der Waals surface area contributed by atoms with Gasteiger partial charge in [0.15, 0.2) is 0 Å². The molecule has 0 aromatic heterocycles. The van der Waals surface area contributed by atoms with Crippen LogP contribution in [-0.4, -0.2) is 6.61 Å². The van der Waals surface area contributed by atoms with Crippen LogP contribution in [0.15, 0.2) is 35.9 Å². The van der Waals surface area contributed by atoms with Gasteiger partial charge in [-0.25, -0.2) is 0 Å². The van der Waals surface area contributed by atoms with Crippen molar-refractivity contribution in [3.05, 3.63) is 41.4 Å². The lowest BCUT2D eigenvalue weighted by Gasteiger charge is -2.04. The molecule has 3 heteroatoms. The lowest BCUT2D eigenvalue weighted by Crippen LogP contribution is -1.96. The molecule has 0 saturated heterocycles. The first kappa shape index (κ1) is 10.6. The Kier molecular flexibility index (Phi) is 4.03. The van der Waals surface area contributed by atoms with Crippen molar-refractivity contribution < 1.29 is 4.74 Å². The standard InChI is InChI=1S/C11H10ClNO/c1-9(12)8-14-11-4-2-10(3-5-11)6-7-13/h2-5H,1,6,8H2. The smallest absolute Gasteiger partial charge is 0.123 e. The van der Waals surface area contributed by atoms with Crippen LogP contribution in [0.2, 0.25) is 0 Å². The minimum Gasteiger partial charge on any atom is -0.488 e. The first-order valence-corrected chi connectivity index (χ1v) is 4.52. The van der Waals surface area contributed by atoms with Gasteiger partial charge in [0.25, 0.3) is 0 Å². The predicted octanol–water partition coefficient (Wildman–Crippen LogP) is 2.88. The van der Waals surface area contributed by atoms with Crippen LogP contribution in [0, 0.1) is 11.3 Å². The Bertz CT molecular complexity index is 351. The molecule has 14 heavy (non-hydrogen) atoms. The summed E-state index contributed by atoms with van der Waals surface area (Å²) in [6.07, 6.45) is 0.419. The van der Waals surface area contributed by atoms with Crippen LogP contribution in [0.1, 0.15) is 5.56 Å². The maximum Gasteiger partial charge on any atom is 0.123 e. The molecule has 72 valence electrons. The fraction of sp³-hybridized carbons (Fsp3) is 0.182. The van der Waals surface area contributed by atoms with Gasteiger partial charge in [-0.3, -0.25) is 0 Å². The maximum absolute atomic E-state index is 8.45. The fourth-order valence-electron chi connectivity index (χ4n) is 0.956. The number of nitriles is 1.